The van der Waals surface area contributed by atoms with E-state index in [1.807, 2.05) is 12.1 Å². The minimum Gasteiger partial charge on any atom is -0.381 e. The molecule has 1 saturated heterocycles. The molecule has 0 saturated carbocycles. The second-order valence-electron chi connectivity index (χ2n) is 3.64. The van der Waals surface area contributed by atoms with Gasteiger partial charge in [0, 0.05) is 31.4 Å². The van der Waals surface area contributed by atoms with E-state index in [2.05, 4.69) is 11.1 Å². The minimum atomic E-state index is 0.525. The van der Waals surface area contributed by atoms with Gasteiger partial charge in [-0.15, -0.1) is 0 Å². The Morgan fingerprint density at radius 3 is 2.86 bits per heavy atom. The molecular weight excluding hydrogens is 176 g/mol. The highest BCUT2D eigenvalue weighted by Crippen LogP contribution is 2.25. The van der Waals surface area contributed by atoms with Crippen LogP contribution in [0, 0.1) is 0 Å². The highest BCUT2D eigenvalue weighted by molar-refractivity contribution is 5.15. The van der Waals surface area contributed by atoms with Gasteiger partial charge in [-0.2, -0.15) is 0 Å². The van der Waals surface area contributed by atoms with Gasteiger partial charge in [0.25, 0.3) is 0 Å². The maximum atomic E-state index is 5.56. The molecular formula is C11H16N2O. The number of nitrogens with zero attached hydrogens (tertiary/aromatic N) is 1. The summed E-state index contributed by atoms with van der Waals surface area (Å²) in [7, 11) is 0. The van der Waals surface area contributed by atoms with Crippen molar-refractivity contribution in [2.75, 3.05) is 13.2 Å². The van der Waals surface area contributed by atoms with Crippen molar-refractivity contribution in [1.29, 1.82) is 0 Å². The molecule has 1 aromatic rings. The summed E-state index contributed by atoms with van der Waals surface area (Å²) in [6, 6.07) is 6.11. The van der Waals surface area contributed by atoms with Crippen LogP contribution in [0.4, 0.5) is 0 Å². The van der Waals surface area contributed by atoms with Crippen LogP contribution in [0.25, 0.3) is 0 Å². The largest absolute Gasteiger partial charge is 0.381 e. The number of ether oxygens (including phenoxy) is 1. The van der Waals surface area contributed by atoms with Crippen molar-refractivity contribution >= 4 is 0 Å². The van der Waals surface area contributed by atoms with Gasteiger partial charge in [0.15, 0.2) is 0 Å². The number of nitrogens with two attached hydrogens (primary N) is 1. The molecule has 0 aromatic carbocycles. The first-order valence-electron chi connectivity index (χ1n) is 5.14. The Morgan fingerprint density at radius 2 is 2.14 bits per heavy atom. The van der Waals surface area contributed by atoms with Crippen LogP contribution in [-0.2, 0) is 11.3 Å². The number of pyridine rings is 1. The zero-order valence-electron chi connectivity index (χ0n) is 8.28. The molecule has 1 fully saturated rings. The fourth-order valence-corrected chi connectivity index (χ4v) is 1.83. The monoisotopic (exact) mass is 192 g/mol. The van der Waals surface area contributed by atoms with E-state index in [9.17, 15) is 0 Å². The lowest BCUT2D eigenvalue weighted by molar-refractivity contribution is 0.0844. The fraction of sp³-hybridized carbons (Fsp3) is 0.545. The van der Waals surface area contributed by atoms with Crippen LogP contribution in [0.2, 0.25) is 0 Å². The van der Waals surface area contributed by atoms with Gasteiger partial charge in [0.05, 0.1) is 5.69 Å². The van der Waals surface area contributed by atoms with Gasteiger partial charge in [-0.1, -0.05) is 6.07 Å². The molecule has 0 amide bonds. The lowest BCUT2D eigenvalue weighted by Crippen LogP contribution is -2.15. The van der Waals surface area contributed by atoms with Crippen molar-refractivity contribution in [3.63, 3.8) is 0 Å². The van der Waals surface area contributed by atoms with E-state index in [0.29, 0.717) is 12.5 Å². The van der Waals surface area contributed by atoms with Crippen LogP contribution in [-0.4, -0.2) is 18.2 Å². The van der Waals surface area contributed by atoms with Crippen LogP contribution >= 0.6 is 0 Å². The Hall–Kier alpha value is -0.930. The van der Waals surface area contributed by atoms with Gasteiger partial charge in [-0.3, -0.25) is 4.98 Å². The molecule has 1 aromatic heterocycles. The van der Waals surface area contributed by atoms with Crippen molar-refractivity contribution in [3.8, 4) is 0 Å². The zero-order valence-corrected chi connectivity index (χ0v) is 8.28. The summed E-state index contributed by atoms with van der Waals surface area (Å²) in [5.74, 6) is 0.565. The zero-order chi connectivity index (χ0) is 9.80. The van der Waals surface area contributed by atoms with Crippen molar-refractivity contribution in [3.05, 3.63) is 29.6 Å². The SMILES string of the molecule is NCc1cccc(C2CCOCC2)n1. The van der Waals surface area contributed by atoms with E-state index in [0.717, 1.165) is 31.7 Å². The quantitative estimate of drug-likeness (QED) is 0.771. The standard InChI is InChI=1S/C11H16N2O/c12-8-10-2-1-3-11(13-10)9-4-6-14-7-5-9/h1-3,9H,4-8,12H2. The normalized spacial score (nSPS) is 18.4. The van der Waals surface area contributed by atoms with Crippen LogP contribution in [0.5, 0.6) is 0 Å². The number of hydrogen-bond donors (Lipinski definition) is 1. The van der Waals surface area contributed by atoms with E-state index in [4.69, 9.17) is 10.5 Å². The molecule has 0 radical (unpaired) electrons. The molecule has 0 unspecified atom stereocenters. The summed E-state index contributed by atoms with van der Waals surface area (Å²) in [4.78, 5) is 4.53. The Bertz CT molecular complexity index is 295. The van der Waals surface area contributed by atoms with E-state index < -0.39 is 0 Å². The Kier molecular flexibility index (Phi) is 3.11. The predicted octanol–water partition coefficient (Wildman–Crippen LogP) is 1.43. The molecule has 2 heterocycles. The van der Waals surface area contributed by atoms with E-state index in [1.54, 1.807) is 0 Å². The average molecular weight is 192 g/mol. The summed E-state index contributed by atoms with van der Waals surface area (Å²) in [5, 5.41) is 0. The van der Waals surface area contributed by atoms with Gasteiger partial charge >= 0.3 is 0 Å². The third-order valence-electron chi connectivity index (χ3n) is 2.68. The first-order chi connectivity index (χ1) is 6.90. The number of rotatable bonds is 2. The highest BCUT2D eigenvalue weighted by atomic mass is 16.5. The van der Waals surface area contributed by atoms with Crippen molar-refractivity contribution in [1.82, 2.24) is 4.98 Å². The summed E-state index contributed by atoms with van der Waals surface area (Å²) in [5.41, 5.74) is 7.72. The molecule has 3 heteroatoms. The Morgan fingerprint density at radius 1 is 1.36 bits per heavy atom. The fourth-order valence-electron chi connectivity index (χ4n) is 1.83. The first kappa shape index (κ1) is 9.62. The van der Waals surface area contributed by atoms with Gasteiger partial charge in [-0.25, -0.2) is 0 Å². The number of aromatic nitrogens is 1. The van der Waals surface area contributed by atoms with E-state index >= 15 is 0 Å². The maximum absolute atomic E-state index is 5.56. The van der Waals surface area contributed by atoms with Crippen LogP contribution in [0.1, 0.15) is 30.1 Å². The third kappa shape index (κ3) is 2.11. The first-order valence-corrected chi connectivity index (χ1v) is 5.14. The van der Waals surface area contributed by atoms with Gasteiger partial charge in [-0.05, 0) is 25.0 Å². The molecule has 1 aliphatic heterocycles. The lowest BCUT2D eigenvalue weighted by atomic mass is 9.96. The van der Waals surface area contributed by atoms with Crippen LogP contribution < -0.4 is 5.73 Å². The molecule has 2 rings (SSSR count). The highest BCUT2D eigenvalue weighted by Gasteiger charge is 2.16. The average Bonchev–Trinajstić information content (AvgIpc) is 2.30. The second kappa shape index (κ2) is 4.53. The van der Waals surface area contributed by atoms with Gasteiger partial charge in [0.1, 0.15) is 0 Å². The molecule has 1 aliphatic rings. The minimum absolute atomic E-state index is 0.525. The van der Waals surface area contributed by atoms with Crippen molar-refractivity contribution in [2.24, 2.45) is 5.73 Å². The Balaban J connectivity index is 2.13. The maximum Gasteiger partial charge on any atom is 0.0542 e. The summed E-state index contributed by atoms with van der Waals surface area (Å²) in [6.07, 6.45) is 2.17. The van der Waals surface area contributed by atoms with Gasteiger partial charge in [0.2, 0.25) is 0 Å². The van der Waals surface area contributed by atoms with Crippen molar-refractivity contribution < 1.29 is 4.74 Å². The molecule has 0 spiro atoms. The predicted molar refractivity (Wildman–Crippen MR) is 54.9 cm³/mol. The van der Waals surface area contributed by atoms with Crippen LogP contribution in [0.3, 0.4) is 0 Å². The molecule has 76 valence electrons. The summed E-state index contributed by atoms with van der Waals surface area (Å²) >= 11 is 0. The second-order valence-corrected chi connectivity index (χ2v) is 3.64. The topological polar surface area (TPSA) is 48.1 Å². The van der Waals surface area contributed by atoms with E-state index in [1.165, 1.54) is 5.69 Å². The third-order valence-corrected chi connectivity index (χ3v) is 2.68. The molecule has 0 bridgehead atoms. The van der Waals surface area contributed by atoms with Gasteiger partial charge < -0.3 is 10.5 Å². The lowest BCUT2D eigenvalue weighted by Gasteiger charge is -2.21. The summed E-state index contributed by atoms with van der Waals surface area (Å²) in [6.45, 7) is 2.25. The van der Waals surface area contributed by atoms with E-state index in [-0.39, 0.29) is 0 Å². The number of hydrogen-bond acceptors (Lipinski definition) is 3. The van der Waals surface area contributed by atoms with Crippen LogP contribution in [0.15, 0.2) is 18.2 Å². The molecule has 2 N–H and O–H groups in total. The summed E-state index contributed by atoms with van der Waals surface area (Å²) < 4.78 is 5.33. The molecule has 0 atom stereocenters. The molecule has 0 aliphatic carbocycles. The van der Waals surface area contributed by atoms with Crippen molar-refractivity contribution in [2.45, 2.75) is 25.3 Å². The molecule has 3 nitrogen and oxygen atoms in total. The molecule has 14 heavy (non-hydrogen) atoms. The Labute approximate surface area is 84.3 Å². The smallest absolute Gasteiger partial charge is 0.0542 e.